The van der Waals surface area contributed by atoms with Crippen molar-refractivity contribution in [3.05, 3.63) is 106 Å². The van der Waals surface area contributed by atoms with Crippen LogP contribution in [0.4, 0.5) is 5.82 Å². The van der Waals surface area contributed by atoms with Crippen LogP contribution in [0.3, 0.4) is 0 Å². The Bertz CT molecular complexity index is 1510. The highest BCUT2D eigenvalue weighted by Crippen LogP contribution is 2.25. The van der Waals surface area contributed by atoms with E-state index >= 15 is 0 Å². The van der Waals surface area contributed by atoms with Crippen molar-refractivity contribution < 1.29 is 14.3 Å². The van der Waals surface area contributed by atoms with Gasteiger partial charge in [-0.05, 0) is 48.0 Å². The third-order valence-corrected chi connectivity index (χ3v) is 7.51. The molecule has 3 aromatic carbocycles. The fourth-order valence-electron chi connectivity index (χ4n) is 4.72. The van der Waals surface area contributed by atoms with E-state index in [9.17, 15) is 9.59 Å². The number of ether oxygens (including phenoxy) is 1. The fourth-order valence-corrected chi connectivity index (χ4v) is 5.20. The molecule has 0 radical (unpaired) electrons. The number of amides is 2. The normalized spacial score (nSPS) is 13.1. The minimum absolute atomic E-state index is 0.0677. The Morgan fingerprint density at radius 3 is 2.34 bits per heavy atom. The zero-order valence-corrected chi connectivity index (χ0v) is 24.1. The van der Waals surface area contributed by atoms with E-state index in [1.54, 1.807) is 24.1 Å². The van der Waals surface area contributed by atoms with Crippen LogP contribution in [-0.2, 0) is 11.3 Å². The number of halogens is 2. The maximum atomic E-state index is 13.5. The van der Waals surface area contributed by atoms with E-state index in [1.807, 2.05) is 66.7 Å². The molecular formula is C31H29Cl2N5O3. The van der Waals surface area contributed by atoms with Crippen molar-refractivity contribution in [2.45, 2.75) is 6.54 Å². The molecule has 0 bridgehead atoms. The molecule has 0 aliphatic carbocycles. The summed E-state index contributed by atoms with van der Waals surface area (Å²) in [5.74, 6) is 1.06. The van der Waals surface area contributed by atoms with Gasteiger partial charge in [0, 0.05) is 43.3 Å². The Labute approximate surface area is 249 Å². The molecule has 1 saturated heterocycles. The lowest BCUT2D eigenvalue weighted by molar-refractivity contribution is -0.132. The summed E-state index contributed by atoms with van der Waals surface area (Å²) in [7, 11) is 1.63. The van der Waals surface area contributed by atoms with Crippen molar-refractivity contribution in [3.63, 3.8) is 0 Å². The lowest BCUT2D eigenvalue weighted by atomic mass is 10.1. The molecule has 0 atom stereocenters. The second kappa shape index (κ2) is 13.0. The summed E-state index contributed by atoms with van der Waals surface area (Å²) < 4.78 is 5.30. The zero-order chi connectivity index (χ0) is 28.8. The van der Waals surface area contributed by atoms with Crippen LogP contribution in [0.2, 0.25) is 10.0 Å². The Morgan fingerprint density at radius 2 is 1.66 bits per heavy atom. The van der Waals surface area contributed by atoms with Crippen LogP contribution in [0.15, 0.2) is 84.9 Å². The van der Waals surface area contributed by atoms with Crippen molar-refractivity contribution in [1.29, 1.82) is 0 Å². The Kier molecular flexibility index (Phi) is 9.01. The van der Waals surface area contributed by atoms with Crippen molar-refractivity contribution in [1.82, 2.24) is 20.0 Å². The number of piperazine rings is 1. The van der Waals surface area contributed by atoms with E-state index in [-0.39, 0.29) is 29.9 Å². The van der Waals surface area contributed by atoms with E-state index in [0.29, 0.717) is 36.8 Å². The van der Waals surface area contributed by atoms with E-state index in [0.717, 1.165) is 28.4 Å². The molecule has 1 aliphatic rings. The van der Waals surface area contributed by atoms with E-state index in [1.165, 1.54) is 11.0 Å². The predicted molar refractivity (Wildman–Crippen MR) is 160 cm³/mol. The summed E-state index contributed by atoms with van der Waals surface area (Å²) in [6, 6.07) is 25.9. The summed E-state index contributed by atoms with van der Waals surface area (Å²) >= 11 is 12.4. The van der Waals surface area contributed by atoms with Gasteiger partial charge in [-0.3, -0.25) is 9.59 Å². The van der Waals surface area contributed by atoms with E-state index in [2.05, 4.69) is 15.1 Å². The van der Waals surface area contributed by atoms with Gasteiger partial charge < -0.3 is 19.4 Å². The third kappa shape index (κ3) is 6.96. The topological polar surface area (TPSA) is 78.9 Å². The number of nitrogens with zero attached hydrogens (tertiary/aromatic N) is 5. The van der Waals surface area contributed by atoms with Gasteiger partial charge in [-0.2, -0.15) is 0 Å². The summed E-state index contributed by atoms with van der Waals surface area (Å²) in [6.07, 6.45) is 0. The van der Waals surface area contributed by atoms with Crippen LogP contribution in [-0.4, -0.2) is 71.6 Å². The number of methoxy groups -OCH3 is 1. The van der Waals surface area contributed by atoms with Crippen LogP contribution in [0.25, 0.3) is 11.3 Å². The minimum Gasteiger partial charge on any atom is -0.497 e. The van der Waals surface area contributed by atoms with E-state index < -0.39 is 0 Å². The smallest absolute Gasteiger partial charge is 0.256 e. The number of benzene rings is 3. The molecule has 210 valence electrons. The van der Waals surface area contributed by atoms with Gasteiger partial charge in [0.05, 0.1) is 23.4 Å². The molecule has 4 aromatic rings. The van der Waals surface area contributed by atoms with Crippen LogP contribution in [0, 0.1) is 0 Å². The number of carbonyl (C=O) groups is 2. The Hall–Kier alpha value is -4.14. The molecule has 2 heterocycles. The molecular weight excluding hydrogens is 561 g/mol. The third-order valence-electron chi connectivity index (χ3n) is 6.96. The van der Waals surface area contributed by atoms with Crippen molar-refractivity contribution in [3.8, 4) is 17.0 Å². The molecule has 0 N–H and O–H groups in total. The average molecular weight is 591 g/mol. The summed E-state index contributed by atoms with van der Waals surface area (Å²) in [5.41, 5.74) is 2.90. The van der Waals surface area contributed by atoms with Crippen LogP contribution in [0.5, 0.6) is 5.75 Å². The van der Waals surface area contributed by atoms with Gasteiger partial charge in [-0.25, -0.2) is 0 Å². The number of carbonyl (C=O) groups excluding carboxylic acids is 2. The second-order valence-corrected chi connectivity index (χ2v) is 10.5. The Morgan fingerprint density at radius 1 is 0.878 bits per heavy atom. The molecule has 1 fully saturated rings. The maximum absolute atomic E-state index is 13.5. The van der Waals surface area contributed by atoms with Crippen molar-refractivity contribution in [2.24, 2.45) is 0 Å². The summed E-state index contributed by atoms with van der Waals surface area (Å²) in [6.45, 7) is 2.44. The molecule has 8 nitrogen and oxygen atoms in total. The SMILES string of the molecule is COc1cccc(-c2ccc(N3CCN(C(=O)CN(Cc4ccccc4)C(=O)c4ccc(Cl)cc4Cl)CC3)nn2)c1. The van der Waals surface area contributed by atoms with Crippen molar-refractivity contribution >= 4 is 40.8 Å². The largest absolute Gasteiger partial charge is 0.497 e. The predicted octanol–water partition coefficient (Wildman–Crippen LogP) is 5.45. The highest BCUT2D eigenvalue weighted by molar-refractivity contribution is 6.36. The van der Waals surface area contributed by atoms with Crippen LogP contribution >= 0.6 is 23.2 Å². The fraction of sp³-hybridized carbons (Fsp3) is 0.226. The number of aromatic nitrogens is 2. The van der Waals surface area contributed by atoms with Gasteiger partial charge >= 0.3 is 0 Å². The molecule has 1 aromatic heterocycles. The van der Waals surface area contributed by atoms with Gasteiger partial charge in [0.15, 0.2) is 5.82 Å². The highest BCUT2D eigenvalue weighted by Gasteiger charge is 2.27. The highest BCUT2D eigenvalue weighted by atomic mass is 35.5. The molecule has 10 heteroatoms. The molecule has 0 unspecified atom stereocenters. The number of anilines is 1. The summed E-state index contributed by atoms with van der Waals surface area (Å²) in [4.78, 5) is 32.3. The van der Waals surface area contributed by atoms with Gasteiger partial charge in [-0.1, -0.05) is 65.7 Å². The first-order chi connectivity index (χ1) is 19.9. The van der Waals surface area contributed by atoms with Gasteiger partial charge in [0.1, 0.15) is 12.3 Å². The van der Waals surface area contributed by atoms with E-state index in [4.69, 9.17) is 27.9 Å². The van der Waals surface area contributed by atoms with Gasteiger partial charge in [0.2, 0.25) is 5.91 Å². The van der Waals surface area contributed by atoms with Gasteiger partial charge in [-0.15, -0.1) is 10.2 Å². The van der Waals surface area contributed by atoms with Gasteiger partial charge in [0.25, 0.3) is 5.91 Å². The molecule has 0 spiro atoms. The maximum Gasteiger partial charge on any atom is 0.256 e. The number of hydrogen-bond donors (Lipinski definition) is 0. The monoisotopic (exact) mass is 589 g/mol. The zero-order valence-electron chi connectivity index (χ0n) is 22.5. The number of hydrogen-bond acceptors (Lipinski definition) is 6. The second-order valence-electron chi connectivity index (χ2n) is 9.65. The van der Waals surface area contributed by atoms with Crippen molar-refractivity contribution in [2.75, 3.05) is 44.7 Å². The quantitative estimate of drug-likeness (QED) is 0.272. The molecule has 41 heavy (non-hydrogen) atoms. The van der Waals surface area contributed by atoms with Crippen LogP contribution in [0.1, 0.15) is 15.9 Å². The first-order valence-electron chi connectivity index (χ1n) is 13.2. The first-order valence-corrected chi connectivity index (χ1v) is 14.0. The Balaban J connectivity index is 1.23. The van der Waals surface area contributed by atoms with Crippen LogP contribution < -0.4 is 9.64 Å². The lowest BCUT2D eigenvalue weighted by Gasteiger charge is -2.36. The summed E-state index contributed by atoms with van der Waals surface area (Å²) in [5, 5.41) is 9.52. The minimum atomic E-state index is -0.325. The lowest BCUT2D eigenvalue weighted by Crippen LogP contribution is -2.52. The molecule has 0 saturated carbocycles. The first kappa shape index (κ1) is 28.4. The molecule has 1 aliphatic heterocycles. The molecule has 5 rings (SSSR count). The molecule has 2 amide bonds. The average Bonchev–Trinajstić information content (AvgIpc) is 3.01. The standard InChI is InChI=1S/C31H29Cl2N5O3/c1-41-25-9-5-8-23(18-25)28-12-13-29(35-34-28)36-14-16-37(17-15-36)30(39)21-38(20-22-6-3-2-4-7-22)31(40)26-11-10-24(32)19-27(26)33/h2-13,18-19H,14-17,20-21H2,1H3. The number of rotatable bonds is 8.